The van der Waals surface area contributed by atoms with Crippen molar-refractivity contribution in [3.05, 3.63) is 48.3 Å². The minimum Gasteiger partial charge on any atom is -0.354 e. The number of carbonyl (C=O) groups excluding carboxylic acids is 1. The van der Waals surface area contributed by atoms with Gasteiger partial charge in [-0.05, 0) is 61.5 Å². The van der Waals surface area contributed by atoms with Gasteiger partial charge in [0.1, 0.15) is 0 Å². The van der Waals surface area contributed by atoms with E-state index in [4.69, 9.17) is 0 Å². The third kappa shape index (κ3) is 5.42. The Morgan fingerprint density at radius 1 is 1.22 bits per heavy atom. The van der Waals surface area contributed by atoms with Gasteiger partial charge in [-0.3, -0.25) is 9.69 Å². The topological polar surface area (TPSA) is 50.2 Å². The van der Waals surface area contributed by atoms with Crippen LogP contribution in [0.5, 0.6) is 0 Å². The summed E-state index contributed by atoms with van der Waals surface area (Å²) >= 11 is 0. The lowest BCUT2D eigenvalue weighted by Gasteiger charge is -2.38. The van der Waals surface area contributed by atoms with Gasteiger partial charge in [0.2, 0.25) is 5.91 Å². The number of carbonyl (C=O) groups is 1. The van der Waals surface area contributed by atoms with E-state index in [0.717, 1.165) is 36.8 Å². The fourth-order valence-corrected chi connectivity index (χ4v) is 3.80. The molecule has 1 aliphatic heterocycles. The average molecular weight is 369 g/mol. The molecule has 1 fully saturated rings. The molecule has 5 heteroatoms. The third-order valence-electron chi connectivity index (χ3n) is 5.64. The van der Waals surface area contributed by atoms with Crippen molar-refractivity contribution in [2.45, 2.75) is 46.1 Å². The van der Waals surface area contributed by atoms with Gasteiger partial charge < -0.3 is 5.32 Å². The van der Waals surface area contributed by atoms with Crippen molar-refractivity contribution >= 4 is 5.91 Å². The Kier molecular flexibility index (Phi) is 6.67. The first-order valence-electron chi connectivity index (χ1n) is 10.1. The molecule has 0 radical (unpaired) electrons. The number of hydrogen-bond donors (Lipinski definition) is 1. The number of rotatable bonds is 7. The van der Waals surface area contributed by atoms with Crippen molar-refractivity contribution in [2.75, 3.05) is 19.6 Å². The van der Waals surface area contributed by atoms with Crippen LogP contribution in [0.1, 0.15) is 39.2 Å². The van der Waals surface area contributed by atoms with E-state index >= 15 is 0 Å². The Morgan fingerprint density at radius 2 is 1.93 bits per heavy atom. The second-order valence-corrected chi connectivity index (χ2v) is 8.13. The van der Waals surface area contributed by atoms with E-state index in [9.17, 15) is 4.79 Å². The van der Waals surface area contributed by atoms with Gasteiger partial charge in [-0.25, -0.2) is 4.68 Å². The first-order chi connectivity index (χ1) is 13.0. The fourth-order valence-electron chi connectivity index (χ4n) is 3.80. The number of nitrogens with one attached hydrogen (secondary N) is 1. The lowest BCUT2D eigenvalue weighted by Crippen LogP contribution is -2.49. The normalized spacial score (nSPS) is 17.2. The monoisotopic (exact) mass is 368 g/mol. The van der Waals surface area contributed by atoms with Crippen molar-refractivity contribution in [3.8, 4) is 5.69 Å². The molecule has 2 aromatic rings. The van der Waals surface area contributed by atoms with Crippen LogP contribution in [0.25, 0.3) is 5.69 Å². The maximum absolute atomic E-state index is 12.4. The first kappa shape index (κ1) is 19.6. The van der Waals surface area contributed by atoms with Crippen LogP contribution < -0.4 is 5.32 Å². The summed E-state index contributed by atoms with van der Waals surface area (Å²) in [6, 6.07) is 10.3. The molecule has 0 aliphatic carbocycles. The minimum atomic E-state index is 0.0952. The molecule has 1 amide bonds. The largest absolute Gasteiger partial charge is 0.354 e. The van der Waals surface area contributed by atoms with Crippen molar-refractivity contribution in [2.24, 2.45) is 11.8 Å². The molecule has 1 aromatic heterocycles. The zero-order chi connectivity index (χ0) is 19.2. The Hall–Kier alpha value is -2.14. The van der Waals surface area contributed by atoms with Crippen LogP contribution in [-0.4, -0.2) is 46.3 Å². The molecule has 0 unspecified atom stereocenters. The van der Waals surface area contributed by atoms with E-state index in [1.807, 2.05) is 41.2 Å². The Labute approximate surface area is 162 Å². The summed E-state index contributed by atoms with van der Waals surface area (Å²) in [5.74, 6) is 1.46. The second-order valence-electron chi connectivity index (χ2n) is 8.13. The number of nitrogens with zero attached hydrogens (tertiary/aromatic N) is 3. The lowest BCUT2D eigenvalue weighted by molar-refractivity contribution is -0.120. The number of amides is 1. The standard InChI is InChI=1S/C22H32N4O/c1-17(2)21(25-13-9-18(3)10-14-25)16-23-22(27)15-19-5-7-20(8-6-19)26-12-4-11-24-26/h4-8,11-12,17-18,21H,9-10,13-16H2,1-3H3,(H,23,27)/t21-/m1/s1. The summed E-state index contributed by atoms with van der Waals surface area (Å²) in [7, 11) is 0. The Bertz CT molecular complexity index is 700. The third-order valence-corrected chi connectivity index (χ3v) is 5.64. The number of aromatic nitrogens is 2. The molecule has 0 bridgehead atoms. The second kappa shape index (κ2) is 9.18. The Morgan fingerprint density at radius 3 is 2.52 bits per heavy atom. The lowest BCUT2D eigenvalue weighted by atomic mass is 9.94. The molecular formula is C22H32N4O. The highest BCUT2D eigenvalue weighted by Crippen LogP contribution is 2.21. The average Bonchev–Trinajstić information content (AvgIpc) is 3.18. The van der Waals surface area contributed by atoms with Gasteiger partial charge in [-0.2, -0.15) is 5.10 Å². The fraction of sp³-hybridized carbons (Fsp3) is 0.545. The summed E-state index contributed by atoms with van der Waals surface area (Å²) in [6.07, 6.45) is 6.62. The SMILES string of the molecule is CC1CCN([C@H](CNC(=O)Cc2ccc(-n3cccn3)cc2)C(C)C)CC1. The molecule has 5 nitrogen and oxygen atoms in total. The summed E-state index contributed by atoms with van der Waals surface area (Å²) in [5.41, 5.74) is 2.03. The van der Waals surface area contributed by atoms with Crippen LogP contribution in [-0.2, 0) is 11.2 Å². The molecule has 27 heavy (non-hydrogen) atoms. The highest BCUT2D eigenvalue weighted by atomic mass is 16.1. The molecule has 1 aromatic carbocycles. The van der Waals surface area contributed by atoms with Gasteiger partial charge in [0.25, 0.3) is 0 Å². The summed E-state index contributed by atoms with van der Waals surface area (Å²) in [5, 5.41) is 7.39. The highest BCUT2D eigenvalue weighted by molar-refractivity contribution is 5.78. The van der Waals surface area contributed by atoms with Crippen molar-refractivity contribution in [1.29, 1.82) is 0 Å². The van der Waals surface area contributed by atoms with Crippen molar-refractivity contribution in [3.63, 3.8) is 0 Å². The molecule has 3 rings (SSSR count). The Balaban J connectivity index is 1.50. The van der Waals surface area contributed by atoms with Gasteiger partial charge >= 0.3 is 0 Å². The van der Waals surface area contributed by atoms with E-state index in [1.165, 1.54) is 12.8 Å². The van der Waals surface area contributed by atoms with Gasteiger partial charge in [0.05, 0.1) is 12.1 Å². The molecular weight excluding hydrogens is 336 g/mol. The highest BCUT2D eigenvalue weighted by Gasteiger charge is 2.25. The minimum absolute atomic E-state index is 0.0952. The quantitative estimate of drug-likeness (QED) is 0.816. The smallest absolute Gasteiger partial charge is 0.224 e. The summed E-state index contributed by atoms with van der Waals surface area (Å²) in [6.45, 7) is 9.87. The molecule has 2 heterocycles. The van der Waals surface area contributed by atoms with E-state index in [0.29, 0.717) is 18.4 Å². The van der Waals surface area contributed by atoms with Gasteiger partial charge in [-0.15, -0.1) is 0 Å². The molecule has 1 atom stereocenters. The van der Waals surface area contributed by atoms with Gasteiger partial charge in [0.15, 0.2) is 0 Å². The predicted octanol–water partition coefficient (Wildman–Crippen LogP) is 3.29. The number of benzene rings is 1. The van der Waals surface area contributed by atoms with Crippen molar-refractivity contribution in [1.82, 2.24) is 20.0 Å². The maximum atomic E-state index is 12.4. The molecule has 1 N–H and O–H groups in total. The van der Waals surface area contributed by atoms with Crippen LogP contribution in [0.3, 0.4) is 0 Å². The number of likely N-dealkylation sites (tertiary alicyclic amines) is 1. The number of hydrogen-bond acceptors (Lipinski definition) is 3. The van der Waals surface area contributed by atoms with E-state index in [1.54, 1.807) is 6.20 Å². The molecule has 0 saturated carbocycles. The first-order valence-corrected chi connectivity index (χ1v) is 10.1. The van der Waals surface area contributed by atoms with Crippen LogP contribution in [0.15, 0.2) is 42.7 Å². The molecule has 1 aliphatic rings. The zero-order valence-corrected chi connectivity index (χ0v) is 16.8. The van der Waals surface area contributed by atoms with E-state index in [2.05, 4.69) is 36.1 Å². The van der Waals surface area contributed by atoms with Crippen LogP contribution in [0.4, 0.5) is 0 Å². The summed E-state index contributed by atoms with van der Waals surface area (Å²) < 4.78 is 1.82. The van der Waals surface area contributed by atoms with Crippen LogP contribution in [0.2, 0.25) is 0 Å². The van der Waals surface area contributed by atoms with Crippen molar-refractivity contribution < 1.29 is 4.79 Å². The summed E-state index contributed by atoms with van der Waals surface area (Å²) in [4.78, 5) is 15.0. The molecule has 1 saturated heterocycles. The van der Waals surface area contributed by atoms with Gasteiger partial charge in [-0.1, -0.05) is 32.9 Å². The van der Waals surface area contributed by atoms with E-state index in [-0.39, 0.29) is 5.91 Å². The van der Waals surface area contributed by atoms with Crippen LogP contribution >= 0.6 is 0 Å². The van der Waals surface area contributed by atoms with Gasteiger partial charge in [0, 0.05) is 25.0 Å². The van der Waals surface area contributed by atoms with Crippen LogP contribution in [0, 0.1) is 11.8 Å². The zero-order valence-electron chi connectivity index (χ0n) is 16.8. The van der Waals surface area contributed by atoms with E-state index < -0.39 is 0 Å². The molecule has 146 valence electrons. The molecule has 0 spiro atoms. The number of piperidine rings is 1. The maximum Gasteiger partial charge on any atom is 0.224 e. The predicted molar refractivity (Wildman–Crippen MR) is 109 cm³/mol.